The molecule has 12 heteroatoms. The lowest BCUT2D eigenvalue weighted by atomic mass is 9.94. The number of nitrogens with zero attached hydrogens (tertiary/aromatic N) is 1. The second kappa shape index (κ2) is 7.14. The Morgan fingerprint density at radius 2 is 1.83 bits per heavy atom. The van der Waals surface area contributed by atoms with Crippen LogP contribution in [-0.2, 0) is 24.1 Å². The van der Waals surface area contributed by atoms with Crippen LogP contribution in [0.25, 0.3) is 0 Å². The average molecular weight is 359 g/mol. The number of rotatable bonds is 5. The van der Waals surface area contributed by atoms with Gasteiger partial charge in [-0.2, -0.15) is 8.42 Å². The molecule has 0 aromatic heterocycles. The third-order valence-corrected chi connectivity index (χ3v) is 3.60. The molecule has 0 saturated carbocycles. The topological polar surface area (TPSA) is 188 Å². The van der Waals surface area contributed by atoms with Crippen LogP contribution in [0.1, 0.15) is 18.4 Å². The van der Waals surface area contributed by atoms with E-state index in [1.54, 1.807) is 0 Å². The predicted octanol–water partition coefficient (Wildman–Crippen LogP) is -1.17. The number of nitrogens with one attached hydrogen (secondary N) is 1. The maximum Gasteiger partial charge on any atom is 0.413 e. The zero-order valence-electron chi connectivity index (χ0n) is 12.8. The Balaban J connectivity index is 3.10. The van der Waals surface area contributed by atoms with Crippen LogP contribution in [-0.4, -0.2) is 38.3 Å². The first-order valence-corrected chi connectivity index (χ1v) is 7.79. The summed E-state index contributed by atoms with van der Waals surface area (Å²) in [4.78, 5) is 35.1. The second-order valence-electron chi connectivity index (χ2n) is 4.81. The Morgan fingerprint density at radius 1 is 1.25 bits per heavy atom. The molecule has 7 N–H and O–H groups in total. The van der Waals surface area contributed by atoms with Gasteiger partial charge < -0.3 is 15.7 Å². The minimum absolute atomic E-state index is 0.00929. The standard InChI is InChI=1S/C12H17N5O6S/c1-6(18)10(8-5-7(13)3-4-9(8)14)11(19)23-24(21,22)16-12(20)17(2)15/h3-5,10H,13-15H2,1-2H3,(H,16,20). The number of hydrogen-bond acceptors (Lipinski definition) is 9. The number of nitrogen functional groups attached to an aromatic ring is 2. The summed E-state index contributed by atoms with van der Waals surface area (Å²) in [5.41, 5.74) is 11.5. The highest BCUT2D eigenvalue weighted by molar-refractivity contribution is 7.85. The fraction of sp³-hybridized carbons (Fsp3) is 0.250. The molecule has 0 saturated heterocycles. The van der Waals surface area contributed by atoms with Gasteiger partial charge >= 0.3 is 22.3 Å². The summed E-state index contributed by atoms with van der Waals surface area (Å²) in [6.45, 7) is 1.05. The first kappa shape index (κ1) is 19.2. The van der Waals surface area contributed by atoms with Gasteiger partial charge in [-0.15, -0.1) is 0 Å². The largest absolute Gasteiger partial charge is 0.413 e. The third-order valence-electron chi connectivity index (χ3n) is 2.79. The third kappa shape index (κ3) is 4.82. The summed E-state index contributed by atoms with van der Waals surface area (Å²) in [5, 5.41) is 0.420. The van der Waals surface area contributed by atoms with Crippen molar-refractivity contribution in [3.05, 3.63) is 23.8 Å². The Hall–Kier alpha value is -2.86. The average Bonchev–Trinajstić information content (AvgIpc) is 2.41. The molecule has 0 radical (unpaired) electrons. The number of hydrazine groups is 1. The van der Waals surface area contributed by atoms with Crippen LogP contribution in [0.3, 0.4) is 0 Å². The molecule has 1 rings (SSSR count). The number of carbonyl (C=O) groups is 3. The summed E-state index contributed by atoms with van der Waals surface area (Å²) >= 11 is 0. The number of urea groups is 1. The SMILES string of the molecule is CC(=O)C(C(=O)OS(=O)(=O)NC(=O)N(C)N)c1cc(N)ccc1N. The van der Waals surface area contributed by atoms with Gasteiger partial charge in [-0.3, -0.25) is 9.80 Å². The van der Waals surface area contributed by atoms with Gasteiger partial charge in [0.25, 0.3) is 0 Å². The predicted molar refractivity (Wildman–Crippen MR) is 84.2 cm³/mol. The van der Waals surface area contributed by atoms with Crippen LogP contribution in [0.15, 0.2) is 18.2 Å². The number of benzene rings is 1. The van der Waals surface area contributed by atoms with Crippen molar-refractivity contribution >= 4 is 39.5 Å². The van der Waals surface area contributed by atoms with Crippen LogP contribution in [0, 0.1) is 0 Å². The number of nitrogens with two attached hydrogens (primary N) is 3. The van der Waals surface area contributed by atoms with Crippen LogP contribution in [0.2, 0.25) is 0 Å². The fourth-order valence-electron chi connectivity index (χ4n) is 1.71. The number of anilines is 2. The molecule has 0 aliphatic heterocycles. The molecule has 0 aliphatic carbocycles. The Bertz CT molecular complexity index is 776. The van der Waals surface area contributed by atoms with E-state index in [-0.39, 0.29) is 16.9 Å². The van der Waals surface area contributed by atoms with E-state index in [2.05, 4.69) is 4.18 Å². The van der Waals surface area contributed by atoms with Gasteiger partial charge in [-0.05, 0) is 30.7 Å². The van der Waals surface area contributed by atoms with Gasteiger partial charge in [0.15, 0.2) is 0 Å². The van der Waals surface area contributed by atoms with E-state index in [9.17, 15) is 22.8 Å². The first-order valence-electron chi connectivity index (χ1n) is 6.38. The zero-order valence-corrected chi connectivity index (χ0v) is 13.7. The number of Topliss-reactive ketones (excluding diaryl/α,β-unsaturated/α-hetero) is 1. The molecule has 0 fully saturated rings. The molecule has 2 amide bonds. The minimum atomic E-state index is -4.83. The molecule has 24 heavy (non-hydrogen) atoms. The van der Waals surface area contributed by atoms with Crippen LogP contribution >= 0.6 is 0 Å². The van der Waals surface area contributed by atoms with E-state index in [4.69, 9.17) is 17.3 Å². The smallest absolute Gasteiger partial charge is 0.399 e. The van der Waals surface area contributed by atoms with Gasteiger partial charge in [-0.1, -0.05) is 0 Å². The first-order chi connectivity index (χ1) is 10.9. The van der Waals surface area contributed by atoms with Crippen LogP contribution in [0.5, 0.6) is 0 Å². The van der Waals surface area contributed by atoms with E-state index in [0.717, 1.165) is 14.0 Å². The van der Waals surface area contributed by atoms with E-state index in [1.807, 2.05) is 0 Å². The maximum atomic E-state index is 12.1. The van der Waals surface area contributed by atoms with E-state index in [0.29, 0.717) is 5.01 Å². The van der Waals surface area contributed by atoms with E-state index in [1.165, 1.54) is 22.9 Å². The summed E-state index contributed by atoms with van der Waals surface area (Å²) in [6.07, 6.45) is 0. The minimum Gasteiger partial charge on any atom is -0.399 e. The van der Waals surface area contributed by atoms with E-state index >= 15 is 0 Å². The molecule has 0 aliphatic rings. The van der Waals surface area contributed by atoms with Gasteiger partial charge in [0.05, 0.1) is 0 Å². The molecule has 0 heterocycles. The van der Waals surface area contributed by atoms with Gasteiger partial charge in [-0.25, -0.2) is 20.2 Å². The number of carbonyl (C=O) groups excluding carboxylic acids is 3. The highest BCUT2D eigenvalue weighted by Crippen LogP contribution is 2.27. The second-order valence-corrected chi connectivity index (χ2v) is 6.09. The number of amides is 2. The molecule has 1 unspecified atom stereocenters. The molecule has 1 aromatic carbocycles. The molecule has 1 aromatic rings. The molecule has 1 atom stereocenters. The van der Waals surface area contributed by atoms with Crippen molar-refractivity contribution in [2.45, 2.75) is 12.8 Å². The Labute approximate surface area is 137 Å². The number of ketones is 1. The molecule has 0 bridgehead atoms. The van der Waals surface area contributed by atoms with Crippen molar-refractivity contribution in [3.63, 3.8) is 0 Å². The normalized spacial score (nSPS) is 12.1. The summed E-state index contributed by atoms with van der Waals surface area (Å²) in [6, 6.07) is 2.80. The summed E-state index contributed by atoms with van der Waals surface area (Å²) in [7, 11) is -3.76. The Kier molecular flexibility index (Phi) is 5.71. The lowest BCUT2D eigenvalue weighted by Gasteiger charge is -2.16. The molecular weight excluding hydrogens is 342 g/mol. The van der Waals surface area contributed by atoms with Crippen molar-refractivity contribution in [1.29, 1.82) is 0 Å². The van der Waals surface area contributed by atoms with Crippen molar-refractivity contribution in [2.24, 2.45) is 5.84 Å². The number of hydrogen-bond donors (Lipinski definition) is 4. The Morgan fingerprint density at radius 3 is 2.33 bits per heavy atom. The summed E-state index contributed by atoms with van der Waals surface area (Å²) in [5.74, 6) is 1.24. The van der Waals surface area contributed by atoms with Crippen LogP contribution in [0.4, 0.5) is 16.2 Å². The van der Waals surface area contributed by atoms with Gasteiger partial charge in [0.1, 0.15) is 11.7 Å². The molecular formula is C12H17N5O6S. The maximum absolute atomic E-state index is 12.1. The van der Waals surface area contributed by atoms with E-state index < -0.39 is 34.0 Å². The fourth-order valence-corrected chi connectivity index (χ4v) is 2.42. The lowest BCUT2D eigenvalue weighted by molar-refractivity contribution is -0.139. The molecule has 132 valence electrons. The zero-order chi connectivity index (χ0) is 18.7. The summed E-state index contributed by atoms with van der Waals surface area (Å²) < 4.78 is 28.9. The lowest BCUT2D eigenvalue weighted by Crippen LogP contribution is -2.45. The highest BCUT2D eigenvalue weighted by atomic mass is 32.2. The quantitative estimate of drug-likeness (QED) is 0.165. The molecule has 11 nitrogen and oxygen atoms in total. The van der Waals surface area contributed by atoms with Crippen molar-refractivity contribution in [3.8, 4) is 0 Å². The monoisotopic (exact) mass is 359 g/mol. The van der Waals surface area contributed by atoms with Crippen LogP contribution < -0.4 is 22.0 Å². The van der Waals surface area contributed by atoms with Gasteiger partial charge in [0, 0.05) is 18.4 Å². The van der Waals surface area contributed by atoms with Crippen molar-refractivity contribution in [1.82, 2.24) is 9.73 Å². The van der Waals surface area contributed by atoms with Gasteiger partial charge in [0.2, 0.25) is 0 Å². The van der Waals surface area contributed by atoms with Crippen molar-refractivity contribution < 1.29 is 27.0 Å². The molecule has 0 spiro atoms. The highest BCUT2D eigenvalue weighted by Gasteiger charge is 2.33. The van der Waals surface area contributed by atoms with Crippen molar-refractivity contribution in [2.75, 3.05) is 18.5 Å².